The second kappa shape index (κ2) is 5.55. The lowest BCUT2D eigenvalue weighted by atomic mass is 10.0. The van der Waals surface area contributed by atoms with Crippen molar-refractivity contribution in [2.24, 2.45) is 0 Å². The molecule has 2 nitrogen and oxygen atoms in total. The SMILES string of the molecule is Cc1ccc(C(C)C)c(OC(C)CC#N)c1. The Hall–Kier alpha value is -1.49. The maximum atomic E-state index is 8.62. The first-order chi connectivity index (χ1) is 7.54. The lowest BCUT2D eigenvalue weighted by molar-refractivity contribution is 0.224. The molecule has 0 N–H and O–H groups in total. The Kier molecular flexibility index (Phi) is 4.37. The highest BCUT2D eigenvalue weighted by molar-refractivity contribution is 5.39. The molecule has 0 heterocycles. The molecule has 1 atom stereocenters. The van der Waals surface area contributed by atoms with Gasteiger partial charge in [0.25, 0.3) is 0 Å². The molecular formula is C14H19NO. The van der Waals surface area contributed by atoms with Crippen LogP contribution in [-0.4, -0.2) is 6.10 Å². The van der Waals surface area contributed by atoms with Gasteiger partial charge in [-0.3, -0.25) is 0 Å². The van der Waals surface area contributed by atoms with E-state index in [1.807, 2.05) is 19.9 Å². The second-order valence-corrected chi connectivity index (χ2v) is 4.49. The lowest BCUT2D eigenvalue weighted by Crippen LogP contribution is -2.12. The van der Waals surface area contributed by atoms with Gasteiger partial charge in [-0.15, -0.1) is 0 Å². The minimum Gasteiger partial charge on any atom is -0.489 e. The van der Waals surface area contributed by atoms with Gasteiger partial charge in [0.05, 0.1) is 12.5 Å². The van der Waals surface area contributed by atoms with E-state index in [4.69, 9.17) is 10.00 Å². The second-order valence-electron chi connectivity index (χ2n) is 4.49. The van der Waals surface area contributed by atoms with Gasteiger partial charge in [-0.2, -0.15) is 5.26 Å². The quantitative estimate of drug-likeness (QED) is 0.768. The van der Waals surface area contributed by atoms with Crippen LogP contribution in [0.15, 0.2) is 18.2 Å². The number of ether oxygens (including phenoxy) is 1. The first-order valence-corrected chi connectivity index (χ1v) is 5.68. The largest absolute Gasteiger partial charge is 0.489 e. The van der Waals surface area contributed by atoms with Crippen molar-refractivity contribution in [3.05, 3.63) is 29.3 Å². The number of benzene rings is 1. The van der Waals surface area contributed by atoms with E-state index in [0.29, 0.717) is 12.3 Å². The molecule has 0 fully saturated rings. The van der Waals surface area contributed by atoms with Crippen molar-refractivity contribution in [1.29, 1.82) is 5.26 Å². The summed E-state index contributed by atoms with van der Waals surface area (Å²) in [6, 6.07) is 8.37. The Morgan fingerprint density at radius 1 is 1.31 bits per heavy atom. The monoisotopic (exact) mass is 217 g/mol. The molecule has 0 aliphatic heterocycles. The summed E-state index contributed by atoms with van der Waals surface area (Å²) in [4.78, 5) is 0. The highest BCUT2D eigenvalue weighted by atomic mass is 16.5. The molecule has 0 aliphatic rings. The van der Waals surface area contributed by atoms with E-state index in [0.717, 1.165) is 5.75 Å². The van der Waals surface area contributed by atoms with Gasteiger partial charge in [0.1, 0.15) is 11.9 Å². The summed E-state index contributed by atoms with van der Waals surface area (Å²) in [7, 11) is 0. The van der Waals surface area contributed by atoms with Crippen LogP contribution in [-0.2, 0) is 0 Å². The Balaban J connectivity index is 2.93. The van der Waals surface area contributed by atoms with Crippen molar-refractivity contribution in [3.63, 3.8) is 0 Å². The average molecular weight is 217 g/mol. The summed E-state index contributed by atoms with van der Waals surface area (Å²) >= 11 is 0. The van der Waals surface area contributed by atoms with E-state index in [1.165, 1.54) is 11.1 Å². The average Bonchev–Trinajstić information content (AvgIpc) is 2.17. The highest BCUT2D eigenvalue weighted by Gasteiger charge is 2.11. The normalized spacial score (nSPS) is 12.2. The molecule has 0 aliphatic carbocycles. The van der Waals surface area contributed by atoms with E-state index in [-0.39, 0.29) is 6.10 Å². The molecule has 2 heteroatoms. The number of rotatable bonds is 4. The van der Waals surface area contributed by atoms with Crippen LogP contribution in [0.4, 0.5) is 0 Å². The summed E-state index contributed by atoms with van der Waals surface area (Å²) in [6.07, 6.45) is 0.371. The van der Waals surface area contributed by atoms with Crippen molar-refractivity contribution in [2.75, 3.05) is 0 Å². The molecule has 1 aromatic rings. The predicted octanol–water partition coefficient (Wildman–Crippen LogP) is 3.80. The van der Waals surface area contributed by atoms with Crippen LogP contribution >= 0.6 is 0 Å². The Morgan fingerprint density at radius 3 is 2.56 bits per heavy atom. The first kappa shape index (κ1) is 12.6. The van der Waals surface area contributed by atoms with Gasteiger partial charge in [0.2, 0.25) is 0 Å². The standard InChI is InChI=1S/C14H19NO/c1-10(2)13-6-5-11(3)9-14(13)16-12(4)7-8-15/h5-6,9-10,12H,7H2,1-4H3. The fourth-order valence-corrected chi connectivity index (χ4v) is 1.61. The Morgan fingerprint density at radius 2 is 2.00 bits per heavy atom. The summed E-state index contributed by atoms with van der Waals surface area (Å²) in [5.74, 6) is 1.35. The van der Waals surface area contributed by atoms with Crippen LogP contribution in [0.2, 0.25) is 0 Å². The van der Waals surface area contributed by atoms with Gasteiger partial charge in [-0.05, 0) is 37.0 Å². The smallest absolute Gasteiger partial charge is 0.123 e. The molecule has 0 saturated carbocycles. The zero-order valence-corrected chi connectivity index (χ0v) is 10.4. The van der Waals surface area contributed by atoms with Crippen molar-refractivity contribution in [1.82, 2.24) is 0 Å². The number of nitriles is 1. The molecule has 0 aromatic heterocycles. The molecule has 0 radical (unpaired) electrons. The molecule has 0 amide bonds. The van der Waals surface area contributed by atoms with Crippen LogP contribution in [0, 0.1) is 18.3 Å². The van der Waals surface area contributed by atoms with E-state index in [1.54, 1.807) is 0 Å². The zero-order chi connectivity index (χ0) is 12.1. The number of hydrogen-bond acceptors (Lipinski definition) is 2. The summed E-state index contributed by atoms with van der Waals surface area (Å²) in [6.45, 7) is 8.26. The predicted molar refractivity (Wildman–Crippen MR) is 65.6 cm³/mol. The Labute approximate surface area is 97.9 Å². The molecule has 0 saturated heterocycles. The van der Waals surface area contributed by atoms with Crippen molar-refractivity contribution in [3.8, 4) is 11.8 Å². The molecule has 0 bridgehead atoms. The first-order valence-electron chi connectivity index (χ1n) is 5.68. The number of hydrogen-bond donors (Lipinski definition) is 0. The van der Waals surface area contributed by atoms with Gasteiger partial charge in [-0.1, -0.05) is 26.0 Å². The van der Waals surface area contributed by atoms with Crippen LogP contribution in [0.25, 0.3) is 0 Å². The minimum absolute atomic E-state index is 0.0516. The van der Waals surface area contributed by atoms with Crippen molar-refractivity contribution in [2.45, 2.75) is 46.1 Å². The van der Waals surface area contributed by atoms with Crippen LogP contribution in [0.3, 0.4) is 0 Å². The molecule has 16 heavy (non-hydrogen) atoms. The molecule has 0 spiro atoms. The molecular weight excluding hydrogens is 198 g/mol. The van der Waals surface area contributed by atoms with Crippen molar-refractivity contribution < 1.29 is 4.74 Å². The lowest BCUT2D eigenvalue weighted by Gasteiger charge is -2.18. The van der Waals surface area contributed by atoms with E-state index >= 15 is 0 Å². The third-order valence-corrected chi connectivity index (χ3v) is 2.50. The van der Waals surface area contributed by atoms with E-state index in [9.17, 15) is 0 Å². The molecule has 86 valence electrons. The summed E-state index contributed by atoms with van der Waals surface area (Å²) in [5, 5.41) is 8.62. The third-order valence-electron chi connectivity index (χ3n) is 2.50. The van der Waals surface area contributed by atoms with Gasteiger partial charge >= 0.3 is 0 Å². The number of aryl methyl sites for hydroxylation is 1. The fourth-order valence-electron chi connectivity index (χ4n) is 1.61. The van der Waals surface area contributed by atoms with Gasteiger partial charge < -0.3 is 4.74 Å². The van der Waals surface area contributed by atoms with Crippen LogP contribution in [0.1, 0.15) is 44.2 Å². The Bertz CT molecular complexity index is 390. The number of nitrogens with zero attached hydrogens (tertiary/aromatic N) is 1. The van der Waals surface area contributed by atoms with Crippen LogP contribution in [0.5, 0.6) is 5.75 Å². The van der Waals surface area contributed by atoms with Gasteiger partial charge in [0, 0.05) is 0 Å². The van der Waals surface area contributed by atoms with E-state index < -0.39 is 0 Å². The third kappa shape index (κ3) is 3.27. The fraction of sp³-hybridized carbons (Fsp3) is 0.500. The highest BCUT2D eigenvalue weighted by Crippen LogP contribution is 2.28. The summed E-state index contributed by atoms with van der Waals surface area (Å²) in [5.41, 5.74) is 2.39. The molecule has 1 aromatic carbocycles. The minimum atomic E-state index is -0.0516. The zero-order valence-electron chi connectivity index (χ0n) is 10.4. The van der Waals surface area contributed by atoms with Gasteiger partial charge in [-0.25, -0.2) is 0 Å². The molecule has 1 unspecified atom stereocenters. The maximum absolute atomic E-state index is 8.62. The topological polar surface area (TPSA) is 33.0 Å². The van der Waals surface area contributed by atoms with Crippen molar-refractivity contribution >= 4 is 0 Å². The molecule has 1 rings (SSSR count). The maximum Gasteiger partial charge on any atom is 0.123 e. The summed E-state index contributed by atoms with van der Waals surface area (Å²) < 4.78 is 5.81. The van der Waals surface area contributed by atoms with Gasteiger partial charge in [0.15, 0.2) is 0 Å². The van der Waals surface area contributed by atoms with E-state index in [2.05, 4.69) is 32.0 Å². The van der Waals surface area contributed by atoms with Crippen LogP contribution < -0.4 is 4.74 Å².